The van der Waals surface area contributed by atoms with E-state index in [2.05, 4.69) is 62.1 Å². The average Bonchev–Trinajstić information content (AvgIpc) is 2.93. The Hall–Kier alpha value is -1.55. The van der Waals surface area contributed by atoms with Gasteiger partial charge in [0.15, 0.2) is 0 Å². The quantitative estimate of drug-likeness (QED) is 0.727. The zero-order chi connectivity index (χ0) is 12.5. The molecule has 18 heavy (non-hydrogen) atoms. The van der Waals surface area contributed by atoms with E-state index < -0.39 is 0 Å². The summed E-state index contributed by atoms with van der Waals surface area (Å²) < 4.78 is 5.34. The molecule has 3 aromatic rings. The largest absolute Gasteiger partial charge is 0.347 e. The highest BCUT2D eigenvalue weighted by atomic mass is 79.9. The van der Waals surface area contributed by atoms with Crippen LogP contribution in [0, 0.1) is 0 Å². The molecule has 0 unspecified atom stereocenters. The second-order valence-electron chi connectivity index (χ2n) is 4.41. The Bertz CT molecular complexity index is 681. The van der Waals surface area contributed by atoms with Crippen LogP contribution < -0.4 is 0 Å². The van der Waals surface area contributed by atoms with Crippen molar-refractivity contribution in [3.05, 3.63) is 52.9 Å². The summed E-state index contributed by atoms with van der Waals surface area (Å²) in [7, 11) is 1.99. The molecule has 0 saturated heterocycles. The highest BCUT2D eigenvalue weighted by Gasteiger charge is 2.03. The third-order valence-electron chi connectivity index (χ3n) is 3.26. The smallest absolute Gasteiger partial charge is 0.0492 e. The SMILES string of the molecule is Cn1nccc1CCn1ccc2cc(Br)ccc21. The van der Waals surface area contributed by atoms with Crippen LogP contribution in [0.15, 0.2) is 47.2 Å². The van der Waals surface area contributed by atoms with Gasteiger partial charge in [-0.25, -0.2) is 0 Å². The van der Waals surface area contributed by atoms with E-state index in [9.17, 15) is 0 Å². The zero-order valence-electron chi connectivity index (χ0n) is 10.2. The standard InChI is InChI=1S/C14H14BrN3/c1-17-13(4-7-16-17)6-9-18-8-5-11-10-12(15)2-3-14(11)18/h2-5,7-8,10H,6,9H2,1H3. The lowest BCUT2D eigenvalue weighted by Gasteiger charge is -2.06. The van der Waals surface area contributed by atoms with Crippen LogP contribution in [0.5, 0.6) is 0 Å². The van der Waals surface area contributed by atoms with Gasteiger partial charge in [-0.2, -0.15) is 5.10 Å². The van der Waals surface area contributed by atoms with Crippen LogP contribution in [0.2, 0.25) is 0 Å². The molecule has 3 nitrogen and oxygen atoms in total. The van der Waals surface area contributed by atoms with E-state index in [0.717, 1.165) is 17.4 Å². The molecule has 0 bridgehead atoms. The maximum Gasteiger partial charge on any atom is 0.0492 e. The van der Waals surface area contributed by atoms with E-state index in [4.69, 9.17) is 0 Å². The topological polar surface area (TPSA) is 22.8 Å². The molecule has 0 radical (unpaired) electrons. The fourth-order valence-electron chi connectivity index (χ4n) is 2.25. The van der Waals surface area contributed by atoms with Crippen molar-refractivity contribution in [3.63, 3.8) is 0 Å². The molecule has 0 aliphatic rings. The molecular formula is C14H14BrN3. The van der Waals surface area contributed by atoms with Gasteiger partial charge in [-0.3, -0.25) is 4.68 Å². The third-order valence-corrected chi connectivity index (χ3v) is 3.76. The minimum atomic E-state index is 0.977. The maximum absolute atomic E-state index is 4.19. The number of aromatic nitrogens is 3. The summed E-state index contributed by atoms with van der Waals surface area (Å²) in [5.74, 6) is 0. The van der Waals surface area contributed by atoms with Crippen molar-refractivity contribution < 1.29 is 0 Å². The number of hydrogen-bond acceptors (Lipinski definition) is 1. The molecular weight excluding hydrogens is 290 g/mol. The van der Waals surface area contributed by atoms with Gasteiger partial charge in [0, 0.05) is 53.5 Å². The first-order chi connectivity index (χ1) is 8.74. The highest BCUT2D eigenvalue weighted by Crippen LogP contribution is 2.21. The second kappa shape index (κ2) is 4.61. The van der Waals surface area contributed by atoms with Gasteiger partial charge in [0.05, 0.1) is 0 Å². The van der Waals surface area contributed by atoms with Crippen LogP contribution in [0.25, 0.3) is 10.9 Å². The van der Waals surface area contributed by atoms with Gasteiger partial charge >= 0.3 is 0 Å². The molecule has 0 N–H and O–H groups in total. The predicted molar refractivity (Wildman–Crippen MR) is 76.6 cm³/mol. The van der Waals surface area contributed by atoms with Gasteiger partial charge in [-0.05, 0) is 30.3 Å². The van der Waals surface area contributed by atoms with Crippen LogP contribution in [0.3, 0.4) is 0 Å². The number of rotatable bonds is 3. The van der Waals surface area contributed by atoms with Gasteiger partial charge in [-0.1, -0.05) is 15.9 Å². The molecule has 3 rings (SSSR count). The van der Waals surface area contributed by atoms with Crippen molar-refractivity contribution in [1.82, 2.24) is 14.3 Å². The van der Waals surface area contributed by atoms with Gasteiger partial charge in [0.2, 0.25) is 0 Å². The molecule has 0 spiro atoms. The van der Waals surface area contributed by atoms with Crippen molar-refractivity contribution in [2.24, 2.45) is 7.05 Å². The Kier molecular flexibility index (Phi) is 2.96. The van der Waals surface area contributed by atoms with E-state index in [1.807, 2.05) is 17.9 Å². The van der Waals surface area contributed by atoms with Crippen LogP contribution in [0.4, 0.5) is 0 Å². The summed E-state index contributed by atoms with van der Waals surface area (Å²) in [6, 6.07) is 10.6. The molecule has 0 aliphatic carbocycles. The van der Waals surface area contributed by atoms with E-state index in [1.54, 1.807) is 0 Å². The number of hydrogen-bond donors (Lipinski definition) is 0. The minimum absolute atomic E-state index is 0.977. The minimum Gasteiger partial charge on any atom is -0.347 e. The second-order valence-corrected chi connectivity index (χ2v) is 5.32. The lowest BCUT2D eigenvalue weighted by atomic mass is 10.2. The van der Waals surface area contributed by atoms with Crippen LogP contribution in [-0.4, -0.2) is 14.3 Å². The Morgan fingerprint density at radius 3 is 2.89 bits per heavy atom. The Balaban J connectivity index is 1.85. The van der Waals surface area contributed by atoms with Gasteiger partial charge < -0.3 is 4.57 Å². The van der Waals surface area contributed by atoms with Crippen molar-refractivity contribution in [2.75, 3.05) is 0 Å². The molecule has 1 aromatic carbocycles. The normalized spacial score (nSPS) is 11.2. The lowest BCUT2D eigenvalue weighted by Crippen LogP contribution is -2.04. The van der Waals surface area contributed by atoms with Crippen molar-refractivity contribution in [2.45, 2.75) is 13.0 Å². The Labute approximate surface area is 114 Å². The highest BCUT2D eigenvalue weighted by molar-refractivity contribution is 9.10. The molecule has 2 aromatic heterocycles. The molecule has 0 amide bonds. The number of halogens is 1. The van der Waals surface area contributed by atoms with E-state index in [-0.39, 0.29) is 0 Å². The van der Waals surface area contributed by atoms with Crippen LogP contribution in [0.1, 0.15) is 5.69 Å². The Morgan fingerprint density at radius 2 is 2.11 bits per heavy atom. The number of fused-ring (bicyclic) bond motifs is 1. The first kappa shape index (κ1) is 11.5. The van der Waals surface area contributed by atoms with Crippen LogP contribution >= 0.6 is 15.9 Å². The van der Waals surface area contributed by atoms with E-state index in [0.29, 0.717) is 0 Å². The van der Waals surface area contributed by atoms with E-state index in [1.165, 1.54) is 16.6 Å². The van der Waals surface area contributed by atoms with E-state index >= 15 is 0 Å². The fraction of sp³-hybridized carbons (Fsp3) is 0.214. The third kappa shape index (κ3) is 2.08. The first-order valence-electron chi connectivity index (χ1n) is 5.95. The number of benzene rings is 1. The average molecular weight is 304 g/mol. The summed E-state index contributed by atoms with van der Waals surface area (Å²) in [5, 5.41) is 5.46. The van der Waals surface area contributed by atoms with Crippen molar-refractivity contribution in [3.8, 4) is 0 Å². The molecule has 0 aliphatic heterocycles. The molecule has 0 atom stereocenters. The summed E-state index contributed by atoms with van der Waals surface area (Å²) >= 11 is 3.50. The lowest BCUT2D eigenvalue weighted by molar-refractivity contribution is 0.649. The predicted octanol–water partition coefficient (Wildman–Crippen LogP) is 3.38. The van der Waals surface area contributed by atoms with Crippen molar-refractivity contribution >= 4 is 26.8 Å². The van der Waals surface area contributed by atoms with Gasteiger partial charge in [0.1, 0.15) is 0 Å². The fourth-order valence-corrected chi connectivity index (χ4v) is 2.63. The molecule has 2 heterocycles. The molecule has 0 fully saturated rings. The van der Waals surface area contributed by atoms with Crippen molar-refractivity contribution in [1.29, 1.82) is 0 Å². The Morgan fingerprint density at radius 1 is 1.22 bits per heavy atom. The number of nitrogens with zero attached hydrogens (tertiary/aromatic N) is 3. The summed E-state index contributed by atoms with van der Waals surface area (Å²) in [6.07, 6.45) is 4.99. The summed E-state index contributed by atoms with van der Waals surface area (Å²) in [5.41, 5.74) is 2.54. The monoisotopic (exact) mass is 303 g/mol. The molecule has 4 heteroatoms. The number of aryl methyl sites for hydroxylation is 3. The summed E-state index contributed by atoms with van der Waals surface area (Å²) in [6.45, 7) is 0.977. The van der Waals surface area contributed by atoms with Gasteiger partial charge in [0.25, 0.3) is 0 Å². The zero-order valence-corrected chi connectivity index (χ0v) is 11.8. The van der Waals surface area contributed by atoms with Crippen LogP contribution in [-0.2, 0) is 20.0 Å². The summed E-state index contributed by atoms with van der Waals surface area (Å²) in [4.78, 5) is 0. The maximum atomic E-state index is 4.19. The first-order valence-corrected chi connectivity index (χ1v) is 6.74. The van der Waals surface area contributed by atoms with Gasteiger partial charge in [-0.15, -0.1) is 0 Å². The molecule has 0 saturated carbocycles. The molecule has 92 valence electrons.